The van der Waals surface area contributed by atoms with E-state index in [1.165, 1.54) is 0 Å². The van der Waals surface area contributed by atoms with E-state index in [1.807, 2.05) is 6.79 Å². The molecule has 0 aliphatic heterocycles. The average Bonchev–Trinajstić information content (AvgIpc) is 1.94. The zero-order chi connectivity index (χ0) is 7.54. The fourth-order valence-electron chi connectivity index (χ4n) is 0.231. The molecule has 4 nitrogen and oxygen atoms in total. The largest absolute Gasteiger partial charge is 0.394 e. The van der Waals surface area contributed by atoms with Gasteiger partial charge in [-0.1, -0.05) is 0 Å². The maximum atomic E-state index is 8.09. The molecule has 56 valence electrons. The summed E-state index contributed by atoms with van der Waals surface area (Å²) in [6.07, 6.45) is 0. The second-order valence-corrected chi connectivity index (χ2v) is 1.06. The highest BCUT2D eigenvalue weighted by Crippen LogP contribution is 1.68. The zero-order valence-corrected chi connectivity index (χ0v) is 5.25. The Morgan fingerprint density at radius 2 is 1.44 bits per heavy atom. The maximum Gasteiger partial charge on any atom is 0.106 e. The number of aliphatic hydroxyl groups excluding tert-OH is 2. The molecule has 0 aromatic carbocycles. The maximum absolute atomic E-state index is 8.09. The summed E-state index contributed by atoms with van der Waals surface area (Å²) in [4.78, 5) is 8.00. The number of hydrogen-bond acceptors (Lipinski definition) is 4. The van der Waals surface area contributed by atoms with Gasteiger partial charge in [0.1, 0.15) is 6.79 Å². The van der Waals surface area contributed by atoms with Crippen molar-refractivity contribution < 1.29 is 19.7 Å². The van der Waals surface area contributed by atoms with E-state index in [0.29, 0.717) is 13.2 Å². The van der Waals surface area contributed by atoms with Gasteiger partial charge >= 0.3 is 0 Å². The summed E-state index contributed by atoms with van der Waals surface area (Å²) in [5.41, 5.74) is 0. The van der Waals surface area contributed by atoms with Crippen LogP contribution in [0.3, 0.4) is 0 Å². The third-order valence-electron chi connectivity index (χ3n) is 0.471. The Balaban J connectivity index is 0. The highest BCUT2D eigenvalue weighted by Gasteiger charge is 1.79. The Morgan fingerprint density at radius 1 is 1.11 bits per heavy atom. The van der Waals surface area contributed by atoms with Gasteiger partial charge in [0.05, 0.1) is 26.4 Å². The minimum absolute atomic E-state index is 0.0278. The summed E-state index contributed by atoms with van der Waals surface area (Å²) >= 11 is 0. The van der Waals surface area contributed by atoms with Crippen molar-refractivity contribution in [1.82, 2.24) is 0 Å². The minimum atomic E-state index is 0.0278. The lowest BCUT2D eigenvalue weighted by atomic mass is 10.7. The second-order valence-electron chi connectivity index (χ2n) is 1.06. The van der Waals surface area contributed by atoms with Crippen LogP contribution in [0.1, 0.15) is 0 Å². The molecule has 9 heavy (non-hydrogen) atoms. The standard InChI is InChI=1S/C4H10O3.CH2O/c5-1-3-7-4-2-6;1-2/h5-6H,1-4H2;1H2. The van der Waals surface area contributed by atoms with Gasteiger partial charge in [-0.3, -0.25) is 0 Å². The van der Waals surface area contributed by atoms with Gasteiger partial charge in [-0.2, -0.15) is 0 Å². The summed E-state index contributed by atoms with van der Waals surface area (Å²) in [7, 11) is 0. The number of rotatable bonds is 4. The fraction of sp³-hybridized carbons (Fsp3) is 0.800. The number of aliphatic hydroxyl groups is 2. The number of hydrogen-bond donors (Lipinski definition) is 2. The average molecular weight is 136 g/mol. The smallest absolute Gasteiger partial charge is 0.106 e. The van der Waals surface area contributed by atoms with E-state index in [0.717, 1.165) is 0 Å². The van der Waals surface area contributed by atoms with E-state index in [1.54, 1.807) is 0 Å². The monoisotopic (exact) mass is 136 g/mol. The van der Waals surface area contributed by atoms with Crippen LogP contribution in [0.15, 0.2) is 0 Å². The van der Waals surface area contributed by atoms with Crippen molar-refractivity contribution in [2.75, 3.05) is 26.4 Å². The Bertz CT molecular complexity index is 35.9. The molecular formula is C5H12O4. The predicted molar refractivity (Wildman–Crippen MR) is 32.1 cm³/mol. The van der Waals surface area contributed by atoms with Gasteiger partial charge in [0.2, 0.25) is 0 Å². The first-order valence-electron chi connectivity index (χ1n) is 2.50. The predicted octanol–water partition coefficient (Wildman–Crippen LogP) is -1.20. The summed E-state index contributed by atoms with van der Waals surface area (Å²) in [5, 5.41) is 16.2. The van der Waals surface area contributed by atoms with E-state index >= 15 is 0 Å². The topological polar surface area (TPSA) is 66.8 Å². The fourth-order valence-corrected chi connectivity index (χ4v) is 0.231. The molecule has 0 aromatic heterocycles. The van der Waals surface area contributed by atoms with Crippen LogP contribution in [-0.2, 0) is 9.53 Å². The van der Waals surface area contributed by atoms with E-state index in [-0.39, 0.29) is 13.2 Å². The second kappa shape index (κ2) is 15.6. The molecule has 0 saturated heterocycles. The molecule has 0 radical (unpaired) electrons. The molecule has 0 aromatic rings. The van der Waals surface area contributed by atoms with Gasteiger partial charge in [0, 0.05) is 0 Å². The van der Waals surface area contributed by atoms with Crippen molar-refractivity contribution in [2.24, 2.45) is 0 Å². The molecule has 0 saturated carbocycles. The lowest BCUT2D eigenvalue weighted by Gasteiger charge is -1.94. The molecule has 0 bridgehead atoms. The van der Waals surface area contributed by atoms with Gasteiger partial charge in [0.15, 0.2) is 0 Å². The van der Waals surface area contributed by atoms with Gasteiger partial charge in [-0.05, 0) is 0 Å². The molecule has 4 heteroatoms. The third-order valence-corrected chi connectivity index (χ3v) is 0.471. The number of carbonyl (C=O) groups is 1. The Morgan fingerprint density at radius 3 is 1.67 bits per heavy atom. The van der Waals surface area contributed by atoms with Gasteiger partial charge in [-0.25, -0.2) is 0 Å². The minimum Gasteiger partial charge on any atom is -0.394 e. The van der Waals surface area contributed by atoms with Crippen molar-refractivity contribution >= 4 is 6.79 Å². The van der Waals surface area contributed by atoms with Crippen molar-refractivity contribution in [3.8, 4) is 0 Å². The van der Waals surface area contributed by atoms with Gasteiger partial charge in [0.25, 0.3) is 0 Å². The Hall–Kier alpha value is -0.450. The van der Waals surface area contributed by atoms with Gasteiger partial charge < -0.3 is 19.7 Å². The molecule has 0 heterocycles. The van der Waals surface area contributed by atoms with Crippen LogP contribution >= 0.6 is 0 Å². The van der Waals surface area contributed by atoms with Crippen LogP contribution in [0.2, 0.25) is 0 Å². The molecule has 0 atom stereocenters. The van der Waals surface area contributed by atoms with Crippen molar-refractivity contribution in [1.29, 1.82) is 0 Å². The SMILES string of the molecule is C=O.OCCOCCO. The summed E-state index contributed by atoms with van der Waals surface area (Å²) < 4.78 is 4.63. The molecule has 0 aliphatic carbocycles. The number of carbonyl (C=O) groups excluding carboxylic acids is 1. The first-order valence-corrected chi connectivity index (χ1v) is 2.50. The summed E-state index contributed by atoms with van der Waals surface area (Å²) in [6, 6.07) is 0. The summed E-state index contributed by atoms with van der Waals surface area (Å²) in [6.45, 7) is 2.70. The van der Waals surface area contributed by atoms with Crippen LogP contribution in [0.5, 0.6) is 0 Å². The molecule has 0 amide bonds. The van der Waals surface area contributed by atoms with Crippen LogP contribution in [0, 0.1) is 0 Å². The Labute approximate surface area is 54.1 Å². The van der Waals surface area contributed by atoms with Crippen LogP contribution < -0.4 is 0 Å². The summed E-state index contributed by atoms with van der Waals surface area (Å²) in [5.74, 6) is 0. The van der Waals surface area contributed by atoms with Crippen LogP contribution in [0.25, 0.3) is 0 Å². The first-order chi connectivity index (χ1) is 4.41. The molecule has 2 N–H and O–H groups in total. The number of ether oxygens (including phenoxy) is 1. The van der Waals surface area contributed by atoms with E-state index in [4.69, 9.17) is 15.0 Å². The molecule has 0 aliphatic rings. The molecule has 0 unspecified atom stereocenters. The highest BCUT2D eigenvalue weighted by molar-refractivity contribution is 5.10. The molecular weight excluding hydrogens is 124 g/mol. The van der Waals surface area contributed by atoms with Crippen LogP contribution in [-0.4, -0.2) is 43.4 Å². The highest BCUT2D eigenvalue weighted by atomic mass is 16.5. The lowest BCUT2D eigenvalue weighted by Crippen LogP contribution is -2.03. The van der Waals surface area contributed by atoms with E-state index in [2.05, 4.69) is 4.74 Å². The molecule has 0 spiro atoms. The quantitative estimate of drug-likeness (QED) is 0.476. The zero-order valence-electron chi connectivity index (χ0n) is 5.25. The molecule has 0 rings (SSSR count). The first kappa shape index (κ1) is 11.4. The molecule has 0 fully saturated rings. The van der Waals surface area contributed by atoms with Crippen molar-refractivity contribution in [3.05, 3.63) is 0 Å². The van der Waals surface area contributed by atoms with Crippen molar-refractivity contribution in [3.63, 3.8) is 0 Å². The lowest BCUT2D eigenvalue weighted by molar-refractivity contribution is -0.0979. The van der Waals surface area contributed by atoms with E-state index < -0.39 is 0 Å². The van der Waals surface area contributed by atoms with Gasteiger partial charge in [-0.15, -0.1) is 0 Å². The normalized spacial score (nSPS) is 7.78. The third kappa shape index (κ3) is 18.5. The Kier molecular flexibility index (Phi) is 19.7. The van der Waals surface area contributed by atoms with E-state index in [9.17, 15) is 0 Å². The van der Waals surface area contributed by atoms with Crippen molar-refractivity contribution in [2.45, 2.75) is 0 Å². The van der Waals surface area contributed by atoms with Crippen LogP contribution in [0.4, 0.5) is 0 Å².